The van der Waals surface area contributed by atoms with Gasteiger partial charge in [-0.2, -0.15) is 0 Å². The summed E-state index contributed by atoms with van der Waals surface area (Å²) in [6.07, 6.45) is 6.04. The van der Waals surface area contributed by atoms with Crippen LogP contribution in [0.1, 0.15) is 12.8 Å². The molecular weight excluding hydrogens is 354 g/mol. The summed E-state index contributed by atoms with van der Waals surface area (Å²) in [5, 5.41) is 6.22. The molecular formula is C19H14ClN3OS. The molecule has 3 aromatic heterocycles. The highest BCUT2D eigenvalue weighted by molar-refractivity contribution is 7.25. The number of halogens is 1. The minimum Gasteiger partial charge on any atom is -0.382 e. The molecule has 1 aliphatic carbocycles. The van der Waals surface area contributed by atoms with Crippen molar-refractivity contribution in [2.24, 2.45) is 0 Å². The van der Waals surface area contributed by atoms with Crippen LogP contribution in [0.15, 0.2) is 53.6 Å². The molecule has 4 nitrogen and oxygen atoms in total. The number of fused-ring (bicyclic) bond motifs is 3. The maximum atomic E-state index is 13.0. The maximum Gasteiger partial charge on any atom is 0.273 e. The highest BCUT2D eigenvalue weighted by Crippen LogP contribution is 2.37. The molecule has 0 amide bonds. The third-order valence-corrected chi connectivity index (χ3v) is 5.83. The average molecular weight is 368 g/mol. The summed E-state index contributed by atoms with van der Waals surface area (Å²) < 4.78 is 2.38. The van der Waals surface area contributed by atoms with Gasteiger partial charge in [-0.05, 0) is 49.2 Å². The standard InChI is InChI=1S/C19H14ClN3OS/c20-11-1-5-13(6-2-11)23-10-8-14-16-15(22-12-3-4-12)7-9-21-18(16)25-17(14)19(23)24/h1-2,5-10,12H,3-4H2,(H,21,22). The molecule has 1 saturated carbocycles. The smallest absolute Gasteiger partial charge is 0.273 e. The highest BCUT2D eigenvalue weighted by atomic mass is 35.5. The summed E-state index contributed by atoms with van der Waals surface area (Å²) in [6, 6.07) is 11.8. The summed E-state index contributed by atoms with van der Waals surface area (Å²) in [5.74, 6) is 0. The molecule has 1 fully saturated rings. The van der Waals surface area contributed by atoms with Crippen LogP contribution in [0.3, 0.4) is 0 Å². The van der Waals surface area contributed by atoms with E-state index in [1.54, 1.807) is 22.9 Å². The number of nitrogens with zero attached hydrogens (tertiary/aromatic N) is 2. The monoisotopic (exact) mass is 367 g/mol. The Kier molecular flexibility index (Phi) is 3.33. The summed E-state index contributed by atoms with van der Waals surface area (Å²) in [6.45, 7) is 0. The number of anilines is 1. The van der Waals surface area contributed by atoms with Crippen molar-refractivity contribution in [1.29, 1.82) is 0 Å². The predicted octanol–water partition coefficient (Wildman–Crippen LogP) is 4.83. The summed E-state index contributed by atoms with van der Waals surface area (Å²) in [5.41, 5.74) is 1.85. The van der Waals surface area contributed by atoms with Gasteiger partial charge in [-0.15, -0.1) is 11.3 Å². The van der Waals surface area contributed by atoms with Crippen LogP contribution in [0.5, 0.6) is 0 Å². The lowest BCUT2D eigenvalue weighted by atomic mass is 10.2. The average Bonchev–Trinajstić information content (AvgIpc) is 3.34. The molecule has 1 aliphatic rings. The van der Waals surface area contributed by atoms with Gasteiger partial charge in [0.2, 0.25) is 0 Å². The topological polar surface area (TPSA) is 46.9 Å². The van der Waals surface area contributed by atoms with Gasteiger partial charge in [0, 0.05) is 45.6 Å². The minimum absolute atomic E-state index is 0.0276. The van der Waals surface area contributed by atoms with E-state index in [1.165, 1.54) is 24.2 Å². The van der Waals surface area contributed by atoms with E-state index in [1.807, 2.05) is 30.5 Å². The van der Waals surface area contributed by atoms with Crippen molar-refractivity contribution >= 4 is 48.9 Å². The Bertz CT molecular complexity index is 1160. The molecule has 0 bridgehead atoms. The predicted molar refractivity (Wildman–Crippen MR) is 104 cm³/mol. The molecule has 0 aliphatic heterocycles. The molecule has 0 saturated heterocycles. The van der Waals surface area contributed by atoms with Crippen molar-refractivity contribution in [1.82, 2.24) is 9.55 Å². The molecule has 0 radical (unpaired) electrons. The summed E-state index contributed by atoms with van der Waals surface area (Å²) >= 11 is 7.40. The first-order valence-corrected chi connectivity index (χ1v) is 9.35. The molecule has 0 spiro atoms. The summed E-state index contributed by atoms with van der Waals surface area (Å²) in [7, 11) is 0. The van der Waals surface area contributed by atoms with E-state index >= 15 is 0 Å². The molecule has 25 heavy (non-hydrogen) atoms. The maximum absolute atomic E-state index is 13.0. The molecule has 6 heteroatoms. The fourth-order valence-electron chi connectivity index (χ4n) is 3.06. The molecule has 0 atom stereocenters. The van der Waals surface area contributed by atoms with Gasteiger partial charge in [-0.1, -0.05) is 11.6 Å². The third kappa shape index (κ3) is 2.51. The van der Waals surface area contributed by atoms with Gasteiger partial charge >= 0.3 is 0 Å². The van der Waals surface area contributed by atoms with Gasteiger partial charge in [-0.25, -0.2) is 4.98 Å². The molecule has 1 aromatic carbocycles. The van der Waals surface area contributed by atoms with Crippen molar-refractivity contribution in [3.05, 3.63) is 64.2 Å². The molecule has 1 N–H and O–H groups in total. The number of nitrogens with one attached hydrogen (secondary N) is 1. The van der Waals surface area contributed by atoms with E-state index in [9.17, 15) is 4.79 Å². The van der Waals surface area contributed by atoms with Gasteiger partial charge in [-0.3, -0.25) is 9.36 Å². The highest BCUT2D eigenvalue weighted by Gasteiger charge is 2.23. The van der Waals surface area contributed by atoms with Crippen LogP contribution in [0.4, 0.5) is 5.69 Å². The number of aromatic nitrogens is 2. The summed E-state index contributed by atoms with van der Waals surface area (Å²) in [4.78, 5) is 18.4. The number of rotatable bonds is 3. The van der Waals surface area contributed by atoms with Crippen LogP contribution in [-0.2, 0) is 0 Å². The lowest BCUT2D eigenvalue weighted by Gasteiger charge is -2.07. The lowest BCUT2D eigenvalue weighted by Crippen LogP contribution is -2.16. The number of benzene rings is 1. The minimum atomic E-state index is -0.0276. The number of pyridine rings is 2. The second-order valence-corrected chi connectivity index (χ2v) is 7.70. The second-order valence-electron chi connectivity index (χ2n) is 6.27. The van der Waals surface area contributed by atoms with E-state index in [-0.39, 0.29) is 5.56 Å². The molecule has 124 valence electrons. The van der Waals surface area contributed by atoms with Crippen molar-refractivity contribution in [3.8, 4) is 5.69 Å². The van der Waals surface area contributed by atoms with Crippen LogP contribution in [0, 0.1) is 0 Å². The Labute approximate surface area is 152 Å². The zero-order valence-corrected chi connectivity index (χ0v) is 14.8. The van der Waals surface area contributed by atoms with E-state index in [0.717, 1.165) is 31.7 Å². The third-order valence-electron chi connectivity index (χ3n) is 4.47. The largest absolute Gasteiger partial charge is 0.382 e. The van der Waals surface area contributed by atoms with Gasteiger partial charge < -0.3 is 5.32 Å². The van der Waals surface area contributed by atoms with Crippen LogP contribution >= 0.6 is 22.9 Å². The Hall–Kier alpha value is -2.37. The number of hydrogen-bond donors (Lipinski definition) is 1. The Morgan fingerprint density at radius 2 is 1.96 bits per heavy atom. The first kappa shape index (κ1) is 14.9. The van der Waals surface area contributed by atoms with Gasteiger partial charge in [0.1, 0.15) is 9.53 Å². The number of hydrogen-bond acceptors (Lipinski definition) is 4. The Balaban J connectivity index is 1.74. The Morgan fingerprint density at radius 1 is 1.16 bits per heavy atom. The van der Waals surface area contributed by atoms with Crippen LogP contribution in [0.2, 0.25) is 5.02 Å². The fraction of sp³-hybridized carbons (Fsp3) is 0.158. The normalized spacial score (nSPS) is 14.3. The van der Waals surface area contributed by atoms with Crippen molar-refractivity contribution in [2.45, 2.75) is 18.9 Å². The first-order valence-electron chi connectivity index (χ1n) is 8.16. The second kappa shape index (κ2) is 5.58. The SMILES string of the molecule is O=c1c2sc3nccc(NC4CC4)c3c2ccn1-c1ccc(Cl)cc1. The van der Waals surface area contributed by atoms with E-state index in [0.29, 0.717) is 11.1 Å². The first-order chi connectivity index (χ1) is 12.2. The van der Waals surface area contributed by atoms with Gasteiger partial charge in [0.15, 0.2) is 0 Å². The van der Waals surface area contributed by atoms with E-state index in [2.05, 4.69) is 10.3 Å². The van der Waals surface area contributed by atoms with E-state index in [4.69, 9.17) is 11.6 Å². The van der Waals surface area contributed by atoms with Crippen molar-refractivity contribution in [2.75, 3.05) is 5.32 Å². The van der Waals surface area contributed by atoms with Crippen LogP contribution < -0.4 is 10.9 Å². The molecule has 3 heterocycles. The Morgan fingerprint density at radius 3 is 2.72 bits per heavy atom. The van der Waals surface area contributed by atoms with Crippen LogP contribution in [-0.4, -0.2) is 15.6 Å². The molecule has 4 aromatic rings. The van der Waals surface area contributed by atoms with E-state index < -0.39 is 0 Å². The zero-order chi connectivity index (χ0) is 17.0. The van der Waals surface area contributed by atoms with Crippen LogP contribution in [0.25, 0.3) is 26.0 Å². The molecule has 0 unspecified atom stereocenters. The van der Waals surface area contributed by atoms with Gasteiger partial charge in [0.05, 0.1) is 0 Å². The van der Waals surface area contributed by atoms with Crippen molar-refractivity contribution in [3.63, 3.8) is 0 Å². The zero-order valence-electron chi connectivity index (χ0n) is 13.2. The van der Waals surface area contributed by atoms with Crippen molar-refractivity contribution < 1.29 is 0 Å². The molecule has 5 rings (SSSR count). The lowest BCUT2D eigenvalue weighted by molar-refractivity contribution is 1.01. The van der Waals surface area contributed by atoms with Gasteiger partial charge in [0.25, 0.3) is 5.56 Å². The quantitative estimate of drug-likeness (QED) is 0.564. The fourth-order valence-corrected chi connectivity index (χ4v) is 4.28. The number of thiophene rings is 1.